The third-order valence-corrected chi connectivity index (χ3v) is 7.37. The fraction of sp³-hybridized carbons (Fsp3) is 0.227. The van der Waals surface area contributed by atoms with Crippen LogP contribution in [-0.4, -0.2) is 45.0 Å². The highest BCUT2D eigenvalue weighted by molar-refractivity contribution is 7.91. The van der Waals surface area contributed by atoms with E-state index in [0.29, 0.717) is 5.92 Å². The SMILES string of the molecule is CN1C=C2CN(c3cccc4cc(S(=O)(=O)c5cccc(F)c5)cnc34)C[C@H]2C1.Cl. The summed E-state index contributed by atoms with van der Waals surface area (Å²) in [6, 6.07) is 12.5. The van der Waals surface area contributed by atoms with Crippen molar-refractivity contribution in [2.24, 2.45) is 5.92 Å². The molecule has 30 heavy (non-hydrogen) atoms. The van der Waals surface area contributed by atoms with Crippen molar-refractivity contribution in [3.8, 4) is 0 Å². The van der Waals surface area contributed by atoms with Gasteiger partial charge in [-0.15, -0.1) is 12.4 Å². The quantitative estimate of drug-likeness (QED) is 0.612. The van der Waals surface area contributed by atoms with Crippen molar-refractivity contribution in [2.75, 3.05) is 31.6 Å². The van der Waals surface area contributed by atoms with E-state index in [2.05, 4.69) is 28.0 Å². The molecule has 0 aliphatic carbocycles. The molecule has 1 aromatic heterocycles. The largest absolute Gasteiger partial charge is 0.380 e. The number of aromatic nitrogens is 1. The lowest BCUT2D eigenvalue weighted by atomic mass is 10.1. The molecule has 3 aromatic rings. The molecule has 0 unspecified atom stereocenters. The summed E-state index contributed by atoms with van der Waals surface area (Å²) in [5.41, 5.74) is 3.21. The molecular formula is C22H21ClFN3O2S. The second-order valence-electron chi connectivity index (χ2n) is 7.70. The van der Waals surface area contributed by atoms with Crippen LogP contribution < -0.4 is 4.90 Å². The number of hydrogen-bond acceptors (Lipinski definition) is 5. The van der Waals surface area contributed by atoms with Gasteiger partial charge in [0.1, 0.15) is 5.82 Å². The minimum atomic E-state index is -3.83. The van der Waals surface area contributed by atoms with E-state index in [9.17, 15) is 12.8 Å². The first kappa shape index (κ1) is 20.6. The number of hydrogen-bond donors (Lipinski definition) is 0. The number of rotatable bonds is 3. The highest BCUT2D eigenvalue weighted by Crippen LogP contribution is 2.35. The maximum absolute atomic E-state index is 13.5. The maximum atomic E-state index is 13.5. The molecule has 3 heterocycles. The molecule has 0 spiro atoms. The summed E-state index contributed by atoms with van der Waals surface area (Å²) < 4.78 is 39.3. The zero-order valence-corrected chi connectivity index (χ0v) is 18.0. The first-order chi connectivity index (χ1) is 13.9. The van der Waals surface area contributed by atoms with Gasteiger partial charge in [0.05, 0.1) is 21.0 Å². The molecule has 5 nitrogen and oxygen atoms in total. The zero-order chi connectivity index (χ0) is 20.2. The van der Waals surface area contributed by atoms with Crippen molar-refractivity contribution < 1.29 is 12.8 Å². The predicted molar refractivity (Wildman–Crippen MR) is 117 cm³/mol. The number of anilines is 1. The fourth-order valence-corrected chi connectivity index (χ4v) is 5.55. The van der Waals surface area contributed by atoms with E-state index < -0.39 is 15.7 Å². The molecule has 0 saturated carbocycles. The molecule has 1 atom stereocenters. The van der Waals surface area contributed by atoms with Crippen molar-refractivity contribution in [1.82, 2.24) is 9.88 Å². The van der Waals surface area contributed by atoms with Gasteiger partial charge < -0.3 is 9.80 Å². The van der Waals surface area contributed by atoms with Gasteiger partial charge in [-0.1, -0.05) is 18.2 Å². The van der Waals surface area contributed by atoms with Crippen LogP contribution >= 0.6 is 12.4 Å². The molecule has 0 radical (unpaired) electrons. The molecule has 0 amide bonds. The third-order valence-electron chi connectivity index (χ3n) is 5.66. The summed E-state index contributed by atoms with van der Waals surface area (Å²) in [6.45, 7) is 2.82. The van der Waals surface area contributed by atoms with Gasteiger partial charge >= 0.3 is 0 Å². The Labute approximate surface area is 181 Å². The molecule has 0 N–H and O–H groups in total. The average Bonchev–Trinajstić information content (AvgIpc) is 3.24. The van der Waals surface area contributed by atoms with E-state index in [1.165, 1.54) is 30.0 Å². The predicted octanol–water partition coefficient (Wildman–Crippen LogP) is 3.89. The Hall–Kier alpha value is -2.64. The van der Waals surface area contributed by atoms with Crippen molar-refractivity contribution in [1.29, 1.82) is 0 Å². The van der Waals surface area contributed by atoms with Gasteiger partial charge in [-0.3, -0.25) is 4.98 Å². The second-order valence-corrected chi connectivity index (χ2v) is 9.65. The summed E-state index contributed by atoms with van der Waals surface area (Å²) in [5, 5.41) is 0.753. The Morgan fingerprint density at radius 2 is 1.87 bits per heavy atom. The molecule has 2 aliphatic heterocycles. The van der Waals surface area contributed by atoms with E-state index in [1.54, 1.807) is 6.07 Å². The lowest BCUT2D eigenvalue weighted by molar-refractivity contribution is 0.443. The van der Waals surface area contributed by atoms with Crippen LogP contribution in [0.25, 0.3) is 10.9 Å². The highest BCUT2D eigenvalue weighted by atomic mass is 35.5. The van der Waals surface area contributed by atoms with Gasteiger partial charge in [0.2, 0.25) is 9.84 Å². The number of nitrogens with zero attached hydrogens (tertiary/aromatic N) is 3. The maximum Gasteiger partial charge on any atom is 0.208 e. The Balaban J connectivity index is 0.00000218. The first-order valence-electron chi connectivity index (χ1n) is 9.47. The average molecular weight is 446 g/mol. The number of sulfone groups is 1. The minimum Gasteiger partial charge on any atom is -0.380 e. The number of para-hydroxylation sites is 1. The van der Waals surface area contributed by atoms with Crippen LogP contribution in [0, 0.1) is 11.7 Å². The Kier molecular flexibility index (Phi) is 5.20. The van der Waals surface area contributed by atoms with Crippen LogP contribution in [0.3, 0.4) is 0 Å². The number of halogens is 2. The van der Waals surface area contributed by atoms with Gasteiger partial charge in [0.15, 0.2) is 0 Å². The van der Waals surface area contributed by atoms with Crippen LogP contribution in [0.5, 0.6) is 0 Å². The topological polar surface area (TPSA) is 53.5 Å². The van der Waals surface area contributed by atoms with E-state index in [1.807, 2.05) is 18.2 Å². The van der Waals surface area contributed by atoms with Crippen molar-refractivity contribution >= 4 is 38.8 Å². The second kappa shape index (κ2) is 7.56. The molecule has 0 bridgehead atoms. The summed E-state index contributed by atoms with van der Waals surface area (Å²) in [7, 11) is -1.74. The van der Waals surface area contributed by atoms with Gasteiger partial charge in [-0.05, 0) is 35.9 Å². The summed E-state index contributed by atoms with van der Waals surface area (Å²) in [6.07, 6.45) is 3.59. The monoisotopic (exact) mass is 445 g/mol. The van der Waals surface area contributed by atoms with Crippen molar-refractivity contribution in [2.45, 2.75) is 9.79 Å². The van der Waals surface area contributed by atoms with Crippen LogP contribution in [0.15, 0.2) is 76.3 Å². The summed E-state index contributed by atoms with van der Waals surface area (Å²) in [4.78, 5) is 9.03. The first-order valence-corrected chi connectivity index (χ1v) is 11.0. The molecule has 2 aliphatic rings. The number of pyridine rings is 1. The van der Waals surface area contributed by atoms with Crippen LogP contribution in [0.4, 0.5) is 10.1 Å². The molecule has 156 valence electrons. The fourth-order valence-electron chi connectivity index (χ4n) is 4.28. The standard InChI is InChI=1S/C22H20FN3O2S.ClH/c1-25-11-16-13-26(14-17(16)12-25)21-7-2-4-15-8-20(10-24-22(15)21)29(27,28)19-6-3-5-18(23)9-19;/h2-11,17H,12-14H2,1H3;1H/t17-;/m1./s1. The van der Waals surface area contributed by atoms with Crippen molar-refractivity contribution in [3.05, 3.63) is 72.3 Å². The highest BCUT2D eigenvalue weighted by Gasteiger charge is 2.33. The number of fused-ring (bicyclic) bond motifs is 2. The van der Waals surface area contributed by atoms with Gasteiger partial charge in [0.25, 0.3) is 0 Å². The summed E-state index contributed by atoms with van der Waals surface area (Å²) in [5.74, 6) is -0.0514. The van der Waals surface area contributed by atoms with Crippen molar-refractivity contribution in [3.63, 3.8) is 0 Å². The van der Waals surface area contributed by atoms with Gasteiger partial charge in [0, 0.05) is 50.4 Å². The molecule has 2 aromatic carbocycles. The zero-order valence-electron chi connectivity index (χ0n) is 16.3. The van der Waals surface area contributed by atoms with Gasteiger partial charge in [-0.2, -0.15) is 0 Å². The smallest absolute Gasteiger partial charge is 0.208 e. The Bertz CT molecular complexity index is 1260. The molecular weight excluding hydrogens is 425 g/mol. The Morgan fingerprint density at radius 3 is 2.63 bits per heavy atom. The normalized spacial score (nSPS) is 18.3. The molecule has 1 fully saturated rings. The van der Waals surface area contributed by atoms with Crippen LogP contribution in [-0.2, 0) is 9.84 Å². The molecule has 8 heteroatoms. The lowest BCUT2D eigenvalue weighted by Crippen LogP contribution is -2.24. The van der Waals surface area contributed by atoms with E-state index in [4.69, 9.17) is 0 Å². The molecule has 1 saturated heterocycles. The van der Waals surface area contributed by atoms with Crippen LogP contribution in [0.1, 0.15) is 0 Å². The van der Waals surface area contributed by atoms with E-state index >= 15 is 0 Å². The third kappa shape index (κ3) is 3.42. The Morgan fingerprint density at radius 1 is 1.07 bits per heavy atom. The van der Waals surface area contributed by atoms with Gasteiger partial charge in [-0.25, -0.2) is 12.8 Å². The van der Waals surface area contributed by atoms with E-state index in [0.717, 1.165) is 42.3 Å². The minimum absolute atomic E-state index is 0. The summed E-state index contributed by atoms with van der Waals surface area (Å²) >= 11 is 0. The number of benzene rings is 2. The lowest BCUT2D eigenvalue weighted by Gasteiger charge is -2.21. The van der Waals surface area contributed by atoms with Crippen LogP contribution in [0.2, 0.25) is 0 Å². The molecule has 5 rings (SSSR count). The van der Waals surface area contributed by atoms with E-state index in [-0.39, 0.29) is 22.2 Å².